The Bertz CT molecular complexity index is 725. The highest BCUT2D eigenvalue weighted by molar-refractivity contribution is 6.30. The van der Waals surface area contributed by atoms with E-state index in [1.165, 1.54) is 25.3 Å². The van der Waals surface area contributed by atoms with Gasteiger partial charge in [0.1, 0.15) is 0 Å². The summed E-state index contributed by atoms with van der Waals surface area (Å²) in [5.41, 5.74) is 0.680. The molecule has 0 amide bonds. The number of esters is 2. The highest BCUT2D eigenvalue weighted by Gasteiger charge is 2.15. The summed E-state index contributed by atoms with van der Waals surface area (Å²) in [5, 5.41) is 0.527. The van der Waals surface area contributed by atoms with Gasteiger partial charge in [-0.25, -0.2) is 9.59 Å². The summed E-state index contributed by atoms with van der Waals surface area (Å²) in [6, 6.07) is 10.8. The van der Waals surface area contributed by atoms with E-state index in [1.54, 1.807) is 24.3 Å². The first-order valence-electron chi connectivity index (χ1n) is 7.38. The van der Waals surface area contributed by atoms with Crippen LogP contribution >= 0.6 is 11.6 Å². The molecule has 0 heterocycles. The third-order valence-corrected chi connectivity index (χ3v) is 3.37. The molecule has 24 heavy (non-hydrogen) atoms. The van der Waals surface area contributed by atoms with Crippen LogP contribution in [0.1, 0.15) is 34.1 Å². The van der Waals surface area contributed by atoms with Crippen LogP contribution in [-0.4, -0.2) is 25.7 Å². The average molecular weight is 349 g/mol. The van der Waals surface area contributed by atoms with E-state index in [0.29, 0.717) is 22.8 Å². The van der Waals surface area contributed by atoms with Crippen LogP contribution in [0.3, 0.4) is 0 Å². The third-order valence-electron chi connectivity index (χ3n) is 3.12. The Morgan fingerprint density at radius 2 is 1.62 bits per heavy atom. The number of ether oxygens (including phenoxy) is 3. The minimum Gasteiger partial charge on any atom is -0.493 e. The molecule has 0 aliphatic carbocycles. The Morgan fingerprint density at radius 3 is 2.25 bits per heavy atom. The fraction of sp³-hybridized carbons (Fsp3) is 0.222. The highest BCUT2D eigenvalue weighted by Crippen LogP contribution is 2.29. The van der Waals surface area contributed by atoms with E-state index in [1.807, 2.05) is 6.92 Å². The quantitative estimate of drug-likeness (QED) is 0.580. The lowest BCUT2D eigenvalue weighted by molar-refractivity contribution is 0.0504. The molecule has 0 unspecified atom stereocenters. The van der Waals surface area contributed by atoms with Gasteiger partial charge < -0.3 is 14.2 Å². The van der Waals surface area contributed by atoms with Gasteiger partial charge in [-0.15, -0.1) is 0 Å². The molecule has 0 bridgehead atoms. The molecule has 0 N–H and O–H groups in total. The van der Waals surface area contributed by atoms with E-state index in [9.17, 15) is 9.59 Å². The fourth-order valence-electron chi connectivity index (χ4n) is 1.90. The second kappa shape index (κ2) is 8.36. The lowest BCUT2D eigenvalue weighted by atomic mass is 10.2. The Morgan fingerprint density at radius 1 is 0.958 bits per heavy atom. The summed E-state index contributed by atoms with van der Waals surface area (Å²) in [4.78, 5) is 24.0. The van der Waals surface area contributed by atoms with Crippen LogP contribution in [-0.2, 0) is 4.74 Å². The number of hydrogen-bond donors (Lipinski definition) is 0. The molecule has 0 aliphatic heterocycles. The Labute approximate surface area is 145 Å². The van der Waals surface area contributed by atoms with Crippen LogP contribution in [0.5, 0.6) is 11.5 Å². The van der Waals surface area contributed by atoms with Gasteiger partial charge in [-0.1, -0.05) is 18.5 Å². The van der Waals surface area contributed by atoms with Gasteiger partial charge in [-0.2, -0.15) is 0 Å². The first-order chi connectivity index (χ1) is 11.5. The highest BCUT2D eigenvalue weighted by atomic mass is 35.5. The van der Waals surface area contributed by atoms with E-state index >= 15 is 0 Å². The molecule has 2 aromatic rings. The van der Waals surface area contributed by atoms with Crippen molar-refractivity contribution in [3.8, 4) is 11.5 Å². The average Bonchev–Trinajstić information content (AvgIpc) is 2.60. The number of carbonyl (C=O) groups is 2. The second-order valence-electron chi connectivity index (χ2n) is 4.90. The van der Waals surface area contributed by atoms with Crippen molar-refractivity contribution in [3.05, 3.63) is 58.6 Å². The van der Waals surface area contributed by atoms with Crippen molar-refractivity contribution in [1.29, 1.82) is 0 Å². The summed E-state index contributed by atoms with van der Waals surface area (Å²) < 4.78 is 15.6. The maximum Gasteiger partial charge on any atom is 0.343 e. The lowest BCUT2D eigenvalue weighted by Gasteiger charge is -2.11. The third kappa shape index (κ3) is 4.49. The van der Waals surface area contributed by atoms with Crippen LogP contribution in [0.2, 0.25) is 5.02 Å². The number of rotatable bonds is 6. The molecule has 0 aliphatic rings. The second-order valence-corrected chi connectivity index (χ2v) is 5.33. The number of methoxy groups -OCH3 is 1. The van der Waals surface area contributed by atoms with Gasteiger partial charge in [0, 0.05) is 5.02 Å². The number of benzene rings is 2. The Kier molecular flexibility index (Phi) is 6.21. The first kappa shape index (κ1) is 17.8. The molecule has 126 valence electrons. The maximum atomic E-state index is 12.1. The molecule has 0 aromatic heterocycles. The van der Waals surface area contributed by atoms with Crippen LogP contribution in [0.25, 0.3) is 0 Å². The van der Waals surface area contributed by atoms with Gasteiger partial charge >= 0.3 is 11.9 Å². The zero-order chi connectivity index (χ0) is 17.5. The molecule has 0 fully saturated rings. The maximum absolute atomic E-state index is 12.1. The van der Waals surface area contributed by atoms with E-state index in [4.69, 9.17) is 25.8 Å². The first-order valence-corrected chi connectivity index (χ1v) is 7.76. The SMILES string of the molecule is CCCOC(=O)c1ccc(OC(=O)c2ccc(Cl)cc2)c(OC)c1. The fourth-order valence-corrected chi connectivity index (χ4v) is 2.03. The van der Waals surface area contributed by atoms with Crippen LogP contribution in [0.4, 0.5) is 0 Å². The molecule has 0 radical (unpaired) electrons. The molecule has 0 spiro atoms. The number of carbonyl (C=O) groups excluding carboxylic acids is 2. The zero-order valence-electron chi connectivity index (χ0n) is 13.4. The Balaban J connectivity index is 2.16. The van der Waals surface area contributed by atoms with E-state index < -0.39 is 11.9 Å². The lowest BCUT2D eigenvalue weighted by Crippen LogP contribution is -2.10. The standard InChI is InChI=1S/C18H17ClO5/c1-3-10-23-17(20)13-6-9-15(16(11-13)22-2)24-18(21)12-4-7-14(19)8-5-12/h4-9,11H,3,10H2,1-2H3. The molecule has 6 heteroatoms. The molecule has 0 atom stereocenters. The summed E-state index contributed by atoms with van der Waals surface area (Å²) in [7, 11) is 1.43. The summed E-state index contributed by atoms with van der Waals surface area (Å²) in [5.74, 6) is -0.523. The van der Waals surface area contributed by atoms with Gasteiger partial charge in [0.25, 0.3) is 0 Å². The van der Waals surface area contributed by atoms with Gasteiger partial charge in [-0.05, 0) is 48.9 Å². The van der Waals surface area contributed by atoms with E-state index in [-0.39, 0.29) is 11.5 Å². The number of hydrogen-bond acceptors (Lipinski definition) is 5. The van der Waals surface area contributed by atoms with Gasteiger partial charge in [0.2, 0.25) is 0 Å². The van der Waals surface area contributed by atoms with Crippen LogP contribution in [0, 0.1) is 0 Å². The molecule has 0 saturated carbocycles. The molecule has 2 rings (SSSR count). The molecule has 0 saturated heterocycles. The van der Waals surface area contributed by atoms with Gasteiger partial charge in [-0.3, -0.25) is 0 Å². The van der Waals surface area contributed by atoms with Crippen LogP contribution < -0.4 is 9.47 Å². The van der Waals surface area contributed by atoms with Crippen molar-refractivity contribution < 1.29 is 23.8 Å². The van der Waals surface area contributed by atoms with Crippen LogP contribution in [0.15, 0.2) is 42.5 Å². The van der Waals surface area contributed by atoms with Crippen molar-refractivity contribution in [2.75, 3.05) is 13.7 Å². The summed E-state index contributed by atoms with van der Waals surface area (Å²) in [6.45, 7) is 2.25. The van der Waals surface area contributed by atoms with Crippen molar-refractivity contribution in [2.24, 2.45) is 0 Å². The largest absolute Gasteiger partial charge is 0.493 e. The zero-order valence-corrected chi connectivity index (χ0v) is 14.1. The van der Waals surface area contributed by atoms with E-state index in [2.05, 4.69) is 0 Å². The smallest absolute Gasteiger partial charge is 0.343 e. The van der Waals surface area contributed by atoms with Gasteiger partial charge in [0.15, 0.2) is 11.5 Å². The normalized spacial score (nSPS) is 10.1. The monoisotopic (exact) mass is 348 g/mol. The molecular formula is C18H17ClO5. The molecule has 2 aromatic carbocycles. The van der Waals surface area contributed by atoms with Gasteiger partial charge in [0.05, 0.1) is 24.8 Å². The summed E-state index contributed by atoms with van der Waals surface area (Å²) in [6.07, 6.45) is 0.736. The van der Waals surface area contributed by atoms with Crippen molar-refractivity contribution >= 4 is 23.5 Å². The van der Waals surface area contributed by atoms with Crippen molar-refractivity contribution in [1.82, 2.24) is 0 Å². The molecule has 5 nitrogen and oxygen atoms in total. The minimum absolute atomic E-state index is 0.212. The van der Waals surface area contributed by atoms with Crippen molar-refractivity contribution in [3.63, 3.8) is 0 Å². The molecular weight excluding hydrogens is 332 g/mol. The Hall–Kier alpha value is -2.53. The summed E-state index contributed by atoms with van der Waals surface area (Å²) >= 11 is 5.79. The van der Waals surface area contributed by atoms with E-state index in [0.717, 1.165) is 6.42 Å². The topological polar surface area (TPSA) is 61.8 Å². The predicted octanol–water partition coefficient (Wildman–Crippen LogP) is 4.13. The minimum atomic E-state index is -0.550. The van der Waals surface area contributed by atoms with Crippen molar-refractivity contribution in [2.45, 2.75) is 13.3 Å². The predicted molar refractivity (Wildman–Crippen MR) is 90.0 cm³/mol. The number of halogens is 1.